The van der Waals surface area contributed by atoms with Gasteiger partial charge in [0.1, 0.15) is 0 Å². The van der Waals surface area contributed by atoms with E-state index >= 15 is 0 Å². The first-order valence-corrected chi connectivity index (χ1v) is 2.63. The first-order chi connectivity index (χ1) is 3.27. The van der Waals surface area contributed by atoms with E-state index in [0.29, 0.717) is 13.0 Å². The Hall–Kier alpha value is 0.197. The molecule has 0 aromatic rings. The molecule has 4 heteroatoms. The highest BCUT2D eigenvalue weighted by molar-refractivity contribution is 7.96. The fourth-order valence-electron chi connectivity index (χ4n) is 0.138. The van der Waals surface area contributed by atoms with Crippen molar-refractivity contribution >= 4 is 28.2 Å². The monoisotopic (exact) mass is 133 g/mol. The van der Waals surface area contributed by atoms with Gasteiger partial charge in [0.05, 0.1) is 0 Å². The summed E-state index contributed by atoms with van der Waals surface area (Å²) in [5, 5.41) is -0.154. The van der Waals surface area contributed by atoms with E-state index < -0.39 is 0 Å². The summed E-state index contributed by atoms with van der Waals surface area (Å²) in [6.45, 7) is 0.388. The molecule has 0 heterocycles. The third-order valence-electron chi connectivity index (χ3n) is 0.418. The maximum atomic E-state index is 9.97. The normalized spacial score (nSPS) is 8.86. The Morgan fingerprint density at radius 3 is 2.57 bits per heavy atom. The molecule has 0 amide bonds. The minimum atomic E-state index is -0.154. The fourth-order valence-corrected chi connectivity index (χ4v) is 0.332. The highest BCUT2D eigenvalue weighted by Gasteiger charge is 1.88. The van der Waals surface area contributed by atoms with E-state index in [1.165, 1.54) is 0 Å². The summed E-state index contributed by atoms with van der Waals surface area (Å²) in [6.07, 6.45) is 0.354. The zero-order chi connectivity index (χ0) is 5.70. The number of hydrogen-bond acceptors (Lipinski definition) is 2. The van der Waals surface area contributed by atoms with Crippen molar-refractivity contribution in [2.45, 2.75) is 6.42 Å². The molecule has 2 nitrogen and oxygen atoms in total. The smallest absolute Gasteiger partial charge is 0.246 e. The van der Waals surface area contributed by atoms with Crippen LogP contribution in [-0.4, -0.2) is 22.2 Å². The first-order valence-electron chi connectivity index (χ1n) is 1.77. The standard InChI is InChI=1S/C3H5O2SSi/c4-3(6)1-2-5-7/h1-2H2,(H,4,6). The molecule has 0 rings (SSSR count). The summed E-state index contributed by atoms with van der Waals surface area (Å²) < 4.78 is 4.39. The molecule has 0 spiro atoms. The quantitative estimate of drug-likeness (QED) is 0.431. The molecule has 7 heavy (non-hydrogen) atoms. The molecule has 39 valence electrons. The highest BCUT2D eigenvalue weighted by atomic mass is 32.1. The molecule has 0 aliphatic heterocycles. The molecule has 0 N–H and O–H groups in total. The van der Waals surface area contributed by atoms with Gasteiger partial charge in [-0.05, 0) is 0 Å². The van der Waals surface area contributed by atoms with Crippen LogP contribution in [-0.2, 0) is 9.22 Å². The minimum absolute atomic E-state index is 0.154. The lowest BCUT2D eigenvalue weighted by Gasteiger charge is -1.88. The van der Waals surface area contributed by atoms with E-state index in [1.807, 2.05) is 0 Å². The third kappa shape index (κ3) is 6.20. The van der Waals surface area contributed by atoms with Crippen molar-refractivity contribution in [1.29, 1.82) is 0 Å². The fraction of sp³-hybridized carbons (Fsp3) is 0.667. The number of thiol groups is 1. The summed E-state index contributed by atoms with van der Waals surface area (Å²) in [7, 11) is 2.73. The van der Waals surface area contributed by atoms with Crippen molar-refractivity contribution in [2.24, 2.45) is 0 Å². The van der Waals surface area contributed by atoms with Crippen LogP contribution in [0, 0.1) is 0 Å². The third-order valence-corrected chi connectivity index (χ3v) is 0.846. The van der Waals surface area contributed by atoms with Gasteiger partial charge in [0, 0.05) is 13.0 Å². The summed E-state index contributed by atoms with van der Waals surface area (Å²) >= 11 is 3.49. The predicted octanol–water partition coefficient (Wildman–Crippen LogP) is -0.0670. The second kappa shape index (κ2) is 4.36. The van der Waals surface area contributed by atoms with Crippen molar-refractivity contribution in [3.63, 3.8) is 0 Å². The number of hydrogen-bond donors (Lipinski definition) is 1. The Bertz CT molecular complexity index is 66.0. The van der Waals surface area contributed by atoms with Gasteiger partial charge in [0.2, 0.25) is 10.5 Å². The average Bonchev–Trinajstić information content (AvgIpc) is 1.61. The van der Waals surface area contributed by atoms with Gasteiger partial charge < -0.3 is 4.43 Å². The van der Waals surface area contributed by atoms with Gasteiger partial charge in [0.15, 0.2) is 5.12 Å². The Kier molecular flexibility index (Phi) is 4.48. The first kappa shape index (κ1) is 7.20. The van der Waals surface area contributed by atoms with E-state index in [1.54, 1.807) is 0 Å². The largest absolute Gasteiger partial charge is 0.418 e. The van der Waals surface area contributed by atoms with Crippen LogP contribution in [0.15, 0.2) is 0 Å². The maximum Gasteiger partial charge on any atom is 0.246 e. The predicted molar refractivity (Wildman–Crippen MR) is 30.3 cm³/mol. The van der Waals surface area contributed by atoms with Crippen molar-refractivity contribution in [3.05, 3.63) is 0 Å². The molecule has 0 aliphatic carbocycles. The van der Waals surface area contributed by atoms with E-state index in [4.69, 9.17) is 0 Å². The Balaban J connectivity index is 2.82. The molecule has 0 unspecified atom stereocenters. The summed E-state index contributed by atoms with van der Waals surface area (Å²) in [4.78, 5) is 9.97. The van der Waals surface area contributed by atoms with Crippen LogP contribution in [0.2, 0.25) is 0 Å². The summed E-state index contributed by atoms with van der Waals surface area (Å²) in [5.74, 6) is 0. The van der Waals surface area contributed by atoms with E-state index in [2.05, 4.69) is 27.5 Å². The van der Waals surface area contributed by atoms with Crippen LogP contribution in [0.3, 0.4) is 0 Å². The summed E-state index contributed by atoms with van der Waals surface area (Å²) in [6, 6.07) is 0. The topological polar surface area (TPSA) is 26.3 Å². The molecule has 0 aromatic heterocycles. The van der Waals surface area contributed by atoms with Crippen LogP contribution in [0.4, 0.5) is 0 Å². The van der Waals surface area contributed by atoms with Crippen molar-refractivity contribution in [2.75, 3.05) is 6.61 Å². The van der Waals surface area contributed by atoms with Crippen molar-refractivity contribution in [1.82, 2.24) is 0 Å². The molecular formula is C3H5O2SSi. The lowest BCUT2D eigenvalue weighted by atomic mass is 10.5. The second-order valence-corrected chi connectivity index (χ2v) is 1.78. The molecule has 0 saturated heterocycles. The molecule has 0 bridgehead atoms. The zero-order valence-electron chi connectivity index (χ0n) is 3.68. The van der Waals surface area contributed by atoms with Gasteiger partial charge in [-0.3, -0.25) is 4.79 Å². The van der Waals surface area contributed by atoms with Gasteiger partial charge in [-0.15, -0.1) is 12.6 Å². The van der Waals surface area contributed by atoms with Gasteiger partial charge in [0.25, 0.3) is 0 Å². The second-order valence-electron chi connectivity index (χ2n) is 0.992. The van der Waals surface area contributed by atoms with Gasteiger partial charge in [-0.2, -0.15) is 0 Å². The van der Waals surface area contributed by atoms with Crippen LogP contribution in [0.1, 0.15) is 6.42 Å². The lowest BCUT2D eigenvalue weighted by molar-refractivity contribution is -0.111. The van der Waals surface area contributed by atoms with Gasteiger partial charge in [-0.1, -0.05) is 0 Å². The average molecular weight is 133 g/mol. The van der Waals surface area contributed by atoms with Gasteiger partial charge in [-0.25, -0.2) is 0 Å². The number of carbonyl (C=O) groups is 1. The van der Waals surface area contributed by atoms with Crippen LogP contribution in [0.5, 0.6) is 0 Å². The van der Waals surface area contributed by atoms with Crippen molar-refractivity contribution in [3.8, 4) is 0 Å². The Labute approximate surface area is 51.2 Å². The Morgan fingerprint density at radius 2 is 2.43 bits per heavy atom. The molecule has 3 radical (unpaired) electrons. The molecule has 0 aromatic carbocycles. The van der Waals surface area contributed by atoms with E-state index in [-0.39, 0.29) is 5.12 Å². The number of rotatable bonds is 3. The van der Waals surface area contributed by atoms with Gasteiger partial charge >= 0.3 is 0 Å². The molecule has 0 fully saturated rings. The maximum absolute atomic E-state index is 9.97. The molecule has 0 atom stereocenters. The lowest BCUT2D eigenvalue weighted by Crippen LogP contribution is -1.94. The Morgan fingerprint density at radius 1 is 1.86 bits per heavy atom. The van der Waals surface area contributed by atoms with Crippen LogP contribution < -0.4 is 0 Å². The SMILES string of the molecule is O=C(S)CCO[Si]. The molecule has 0 saturated carbocycles. The van der Waals surface area contributed by atoms with Crippen LogP contribution >= 0.6 is 12.6 Å². The van der Waals surface area contributed by atoms with E-state index in [0.717, 1.165) is 0 Å². The van der Waals surface area contributed by atoms with E-state index in [9.17, 15) is 4.79 Å². The van der Waals surface area contributed by atoms with Crippen molar-refractivity contribution < 1.29 is 9.22 Å². The molecular weight excluding hydrogens is 128 g/mol. The highest BCUT2D eigenvalue weighted by Crippen LogP contribution is 1.85. The zero-order valence-corrected chi connectivity index (χ0v) is 5.57. The van der Waals surface area contributed by atoms with Crippen LogP contribution in [0.25, 0.3) is 0 Å². The minimum Gasteiger partial charge on any atom is -0.418 e. The molecule has 0 aliphatic rings. The number of carbonyl (C=O) groups excluding carboxylic acids is 1. The summed E-state index contributed by atoms with van der Waals surface area (Å²) in [5.41, 5.74) is 0.